The van der Waals surface area contributed by atoms with Crippen molar-refractivity contribution in [1.29, 1.82) is 0 Å². The second-order valence-corrected chi connectivity index (χ2v) is 8.97. The lowest BCUT2D eigenvalue weighted by Crippen LogP contribution is -2.51. The second-order valence-electron chi connectivity index (χ2n) is 6.64. The van der Waals surface area contributed by atoms with Crippen LogP contribution in [0, 0.1) is 0 Å². The van der Waals surface area contributed by atoms with Gasteiger partial charge in [-0.3, -0.25) is 0 Å². The van der Waals surface area contributed by atoms with Gasteiger partial charge in [0.15, 0.2) is 5.11 Å². The van der Waals surface area contributed by atoms with Crippen molar-refractivity contribution in [3.63, 3.8) is 0 Å². The Morgan fingerprint density at radius 1 is 1.07 bits per heavy atom. The molecule has 1 N–H and O–H groups in total. The van der Waals surface area contributed by atoms with Gasteiger partial charge in [-0.05, 0) is 43.4 Å². The van der Waals surface area contributed by atoms with Crippen LogP contribution in [0.4, 0.5) is 10.5 Å². The minimum Gasteiger partial charge on any atom is -0.450 e. The topological polar surface area (TPSA) is 91.4 Å². The Hall–Kier alpha value is -1.95. The third-order valence-electron chi connectivity index (χ3n) is 4.81. The number of nitrogens with zero attached hydrogens (tertiary/aromatic N) is 3. The number of morpholine rings is 1. The summed E-state index contributed by atoms with van der Waals surface area (Å²) < 4.78 is 37.0. The number of hydrogen-bond acceptors (Lipinski definition) is 6. The second kappa shape index (κ2) is 9.70. The highest BCUT2D eigenvalue weighted by molar-refractivity contribution is 7.89. The lowest BCUT2D eigenvalue weighted by atomic mass is 10.3. The van der Waals surface area contributed by atoms with Crippen LogP contribution in [0.2, 0.25) is 0 Å². The molecule has 0 unspecified atom stereocenters. The fourth-order valence-electron chi connectivity index (χ4n) is 3.16. The van der Waals surface area contributed by atoms with E-state index in [0.717, 1.165) is 0 Å². The number of amides is 1. The van der Waals surface area contributed by atoms with E-state index < -0.39 is 10.0 Å². The average Bonchev–Trinajstić information content (AvgIpc) is 2.75. The van der Waals surface area contributed by atoms with E-state index in [1.165, 1.54) is 4.31 Å². The molecule has 160 valence electrons. The van der Waals surface area contributed by atoms with Gasteiger partial charge in [0.25, 0.3) is 0 Å². The zero-order chi connectivity index (χ0) is 20.9. The van der Waals surface area contributed by atoms with Gasteiger partial charge in [0.1, 0.15) is 0 Å². The average molecular weight is 443 g/mol. The third-order valence-corrected chi connectivity index (χ3v) is 7.08. The Labute approximate surface area is 176 Å². The van der Waals surface area contributed by atoms with Crippen molar-refractivity contribution in [1.82, 2.24) is 14.1 Å². The molecule has 0 radical (unpaired) electrons. The highest BCUT2D eigenvalue weighted by atomic mass is 32.2. The molecule has 2 aliphatic rings. The molecule has 1 amide bonds. The fourth-order valence-corrected chi connectivity index (χ4v) is 4.86. The summed E-state index contributed by atoms with van der Waals surface area (Å²) in [6, 6.07) is 6.56. The number of thiocarbonyl (C=S) groups is 1. The summed E-state index contributed by atoms with van der Waals surface area (Å²) in [7, 11) is -3.51. The first kappa shape index (κ1) is 21.8. The van der Waals surface area contributed by atoms with Crippen molar-refractivity contribution < 1.29 is 22.7 Å². The Morgan fingerprint density at radius 3 is 2.24 bits per heavy atom. The zero-order valence-electron chi connectivity index (χ0n) is 16.4. The van der Waals surface area contributed by atoms with E-state index in [4.69, 9.17) is 21.7 Å². The van der Waals surface area contributed by atoms with Crippen molar-refractivity contribution in [3.8, 4) is 0 Å². The van der Waals surface area contributed by atoms with Gasteiger partial charge in [0.2, 0.25) is 10.0 Å². The number of hydrogen-bond donors (Lipinski definition) is 1. The maximum atomic E-state index is 12.7. The summed E-state index contributed by atoms with van der Waals surface area (Å²) in [4.78, 5) is 15.7. The molecule has 0 aromatic heterocycles. The summed E-state index contributed by atoms with van der Waals surface area (Å²) in [6.45, 7) is 5.99. The van der Waals surface area contributed by atoms with Crippen LogP contribution < -0.4 is 5.32 Å². The van der Waals surface area contributed by atoms with Gasteiger partial charge in [-0.25, -0.2) is 13.2 Å². The van der Waals surface area contributed by atoms with E-state index in [9.17, 15) is 13.2 Å². The van der Waals surface area contributed by atoms with Crippen molar-refractivity contribution in [2.45, 2.75) is 11.8 Å². The first-order valence-electron chi connectivity index (χ1n) is 9.57. The van der Waals surface area contributed by atoms with E-state index in [2.05, 4.69) is 5.32 Å². The lowest BCUT2D eigenvalue weighted by Gasteiger charge is -2.35. The van der Waals surface area contributed by atoms with Crippen LogP contribution in [0.5, 0.6) is 0 Å². The van der Waals surface area contributed by atoms with E-state index in [1.807, 2.05) is 4.90 Å². The third kappa shape index (κ3) is 5.35. The molecule has 2 fully saturated rings. The summed E-state index contributed by atoms with van der Waals surface area (Å²) in [5.74, 6) is 0. The SMILES string of the molecule is CCOC(=O)N1CCN(C(=S)Nc2ccc(S(=O)(=O)N3CCOCC3)cc2)CC1. The van der Waals surface area contributed by atoms with E-state index in [-0.39, 0.29) is 11.0 Å². The minimum absolute atomic E-state index is 0.249. The van der Waals surface area contributed by atoms with Gasteiger partial charge >= 0.3 is 6.09 Å². The normalized spacial score (nSPS) is 18.4. The molecule has 1 aromatic rings. The van der Waals surface area contributed by atoms with Crippen LogP contribution in [0.15, 0.2) is 29.2 Å². The summed E-state index contributed by atoms with van der Waals surface area (Å²) in [5.41, 5.74) is 0.712. The quantitative estimate of drug-likeness (QED) is 0.695. The molecule has 3 rings (SSSR count). The van der Waals surface area contributed by atoms with Crippen LogP contribution >= 0.6 is 12.2 Å². The molecule has 2 saturated heterocycles. The van der Waals surface area contributed by atoms with Gasteiger partial charge in [0.05, 0.1) is 24.7 Å². The Bertz CT molecular complexity index is 817. The van der Waals surface area contributed by atoms with Crippen LogP contribution in [0.25, 0.3) is 0 Å². The number of nitrogens with one attached hydrogen (secondary N) is 1. The van der Waals surface area contributed by atoms with E-state index in [0.29, 0.717) is 69.9 Å². The van der Waals surface area contributed by atoms with Crippen molar-refractivity contribution >= 4 is 39.1 Å². The van der Waals surface area contributed by atoms with Crippen LogP contribution in [0.1, 0.15) is 6.92 Å². The van der Waals surface area contributed by atoms with Gasteiger partial charge in [-0.2, -0.15) is 4.31 Å². The summed E-state index contributed by atoms with van der Waals surface area (Å²) >= 11 is 5.46. The Kier molecular flexibility index (Phi) is 7.28. The first-order chi connectivity index (χ1) is 13.9. The van der Waals surface area contributed by atoms with E-state index >= 15 is 0 Å². The predicted molar refractivity (Wildman–Crippen MR) is 112 cm³/mol. The standard InChI is InChI=1S/C18H26N4O5S2/c1-2-27-18(23)21-9-7-20(8-10-21)17(28)19-15-3-5-16(6-4-15)29(24,25)22-11-13-26-14-12-22/h3-6H,2,7-14H2,1H3,(H,19,28). The number of piperazine rings is 1. The van der Waals surface area contributed by atoms with E-state index in [1.54, 1.807) is 36.1 Å². The van der Waals surface area contributed by atoms with Crippen LogP contribution in [-0.2, 0) is 19.5 Å². The van der Waals surface area contributed by atoms with Gasteiger partial charge < -0.3 is 24.6 Å². The zero-order valence-corrected chi connectivity index (χ0v) is 18.0. The van der Waals surface area contributed by atoms with Gasteiger partial charge in [-0.15, -0.1) is 0 Å². The summed E-state index contributed by atoms with van der Waals surface area (Å²) in [5, 5.41) is 3.67. The lowest BCUT2D eigenvalue weighted by molar-refractivity contribution is 0.0730. The number of anilines is 1. The molecular weight excluding hydrogens is 416 g/mol. The Morgan fingerprint density at radius 2 is 1.66 bits per heavy atom. The molecule has 0 aliphatic carbocycles. The number of ether oxygens (including phenoxy) is 2. The maximum absolute atomic E-state index is 12.7. The number of carbonyl (C=O) groups excluding carboxylic acids is 1. The smallest absolute Gasteiger partial charge is 0.409 e. The van der Waals surface area contributed by atoms with Gasteiger partial charge in [-0.1, -0.05) is 0 Å². The first-order valence-corrected chi connectivity index (χ1v) is 11.4. The molecular formula is C18H26N4O5S2. The number of sulfonamides is 1. The van der Waals surface area contributed by atoms with Crippen LogP contribution in [0.3, 0.4) is 0 Å². The molecule has 0 atom stereocenters. The Balaban J connectivity index is 1.54. The van der Waals surface area contributed by atoms with Crippen LogP contribution in [-0.4, -0.2) is 92.8 Å². The molecule has 0 spiro atoms. The fraction of sp³-hybridized carbons (Fsp3) is 0.556. The minimum atomic E-state index is -3.51. The number of rotatable bonds is 4. The maximum Gasteiger partial charge on any atom is 0.409 e. The largest absolute Gasteiger partial charge is 0.450 e. The molecule has 11 heteroatoms. The molecule has 1 aromatic carbocycles. The number of benzene rings is 1. The molecule has 9 nitrogen and oxygen atoms in total. The molecule has 2 heterocycles. The molecule has 2 aliphatic heterocycles. The molecule has 0 bridgehead atoms. The summed E-state index contributed by atoms with van der Waals surface area (Å²) in [6.07, 6.45) is -0.303. The molecule has 29 heavy (non-hydrogen) atoms. The highest BCUT2D eigenvalue weighted by Crippen LogP contribution is 2.20. The van der Waals surface area contributed by atoms with Gasteiger partial charge in [0, 0.05) is 45.0 Å². The monoisotopic (exact) mass is 442 g/mol. The number of carbonyl (C=O) groups is 1. The molecule has 0 saturated carbocycles. The predicted octanol–water partition coefficient (Wildman–Crippen LogP) is 1.18. The highest BCUT2D eigenvalue weighted by Gasteiger charge is 2.26. The van der Waals surface area contributed by atoms with Crippen molar-refractivity contribution in [3.05, 3.63) is 24.3 Å². The van der Waals surface area contributed by atoms with Crippen molar-refractivity contribution in [2.75, 3.05) is 64.4 Å². The van der Waals surface area contributed by atoms with Crippen molar-refractivity contribution in [2.24, 2.45) is 0 Å².